The van der Waals surface area contributed by atoms with Crippen LogP contribution in [0.5, 0.6) is 5.75 Å². The summed E-state index contributed by atoms with van der Waals surface area (Å²) in [6.07, 6.45) is -0.717. The second-order valence-electron chi connectivity index (χ2n) is 6.77. The fraction of sp³-hybridized carbons (Fsp3) is 0.174. The average Bonchev–Trinajstić information content (AvgIpc) is 3.00. The number of hydrogen-bond donors (Lipinski definition) is 2. The van der Waals surface area contributed by atoms with Gasteiger partial charge in [-0.15, -0.1) is 0 Å². The Labute approximate surface area is 163 Å². The molecule has 3 aromatic carbocycles. The molecule has 0 aliphatic rings. The Hall–Kier alpha value is -3.31. The summed E-state index contributed by atoms with van der Waals surface area (Å²) in [4.78, 5) is 0. The van der Waals surface area contributed by atoms with Gasteiger partial charge in [0.25, 0.3) is 0 Å². The van der Waals surface area contributed by atoms with Crippen LogP contribution in [0.4, 0.5) is 0 Å². The van der Waals surface area contributed by atoms with Crippen LogP contribution in [0, 0.1) is 5.41 Å². The summed E-state index contributed by atoms with van der Waals surface area (Å²) in [5, 5.41) is 19.2. The maximum absolute atomic E-state index is 10.5. The van der Waals surface area contributed by atoms with E-state index in [-0.39, 0.29) is 6.61 Å². The molecule has 0 aliphatic heterocycles. The van der Waals surface area contributed by atoms with Crippen molar-refractivity contribution in [1.82, 2.24) is 9.13 Å². The van der Waals surface area contributed by atoms with Gasteiger partial charge in [0, 0.05) is 0 Å². The van der Waals surface area contributed by atoms with Crippen LogP contribution in [0.2, 0.25) is 0 Å². The number of aliphatic hydroxyl groups is 1. The van der Waals surface area contributed by atoms with Gasteiger partial charge < -0.3 is 19.0 Å². The molecular formula is C23H23N3O2. The Morgan fingerprint density at radius 1 is 0.786 bits per heavy atom. The zero-order valence-electron chi connectivity index (χ0n) is 15.5. The zero-order valence-corrected chi connectivity index (χ0v) is 15.5. The van der Waals surface area contributed by atoms with Crippen LogP contribution >= 0.6 is 0 Å². The molecule has 0 fully saturated rings. The Kier molecular flexibility index (Phi) is 5.26. The topological polar surface area (TPSA) is 63.2 Å². The Balaban J connectivity index is 1.58. The third-order valence-corrected chi connectivity index (χ3v) is 4.74. The first-order valence-corrected chi connectivity index (χ1v) is 9.35. The van der Waals surface area contributed by atoms with E-state index in [1.54, 1.807) is 0 Å². The maximum atomic E-state index is 10.5. The molecule has 1 heterocycles. The first-order valence-electron chi connectivity index (χ1n) is 9.35. The van der Waals surface area contributed by atoms with Gasteiger partial charge in [0.05, 0.1) is 24.1 Å². The highest BCUT2D eigenvalue weighted by molar-refractivity contribution is 5.76. The fourth-order valence-corrected chi connectivity index (χ4v) is 3.38. The van der Waals surface area contributed by atoms with Gasteiger partial charge in [-0.05, 0) is 29.8 Å². The van der Waals surface area contributed by atoms with Crippen LogP contribution in [0.3, 0.4) is 0 Å². The highest BCUT2D eigenvalue weighted by atomic mass is 16.5. The van der Waals surface area contributed by atoms with E-state index in [0.717, 1.165) is 22.3 Å². The van der Waals surface area contributed by atoms with E-state index in [4.69, 9.17) is 10.1 Å². The summed E-state index contributed by atoms with van der Waals surface area (Å²) < 4.78 is 9.48. The lowest BCUT2D eigenvalue weighted by Gasteiger charge is -2.13. The Morgan fingerprint density at radius 2 is 1.36 bits per heavy atom. The molecule has 0 spiro atoms. The minimum atomic E-state index is -0.717. The summed E-state index contributed by atoms with van der Waals surface area (Å²) in [6, 6.07) is 27.5. The van der Waals surface area contributed by atoms with Crippen molar-refractivity contribution in [3.8, 4) is 5.75 Å². The van der Waals surface area contributed by atoms with Gasteiger partial charge in [0.1, 0.15) is 18.5 Å². The lowest BCUT2D eigenvalue weighted by Crippen LogP contribution is -2.31. The van der Waals surface area contributed by atoms with Gasteiger partial charge in [-0.3, -0.25) is 5.41 Å². The number of benzene rings is 3. The molecule has 4 rings (SSSR count). The molecular weight excluding hydrogens is 350 g/mol. The summed E-state index contributed by atoms with van der Waals surface area (Å²) in [6.45, 7) is 1.09. The van der Waals surface area contributed by atoms with Crippen LogP contribution in [0.15, 0.2) is 84.9 Å². The van der Waals surface area contributed by atoms with Crippen molar-refractivity contribution in [2.45, 2.75) is 19.2 Å². The predicted octanol–water partition coefficient (Wildman–Crippen LogP) is 3.41. The van der Waals surface area contributed by atoms with Gasteiger partial charge in [-0.25, -0.2) is 0 Å². The summed E-state index contributed by atoms with van der Waals surface area (Å²) >= 11 is 0. The molecule has 4 aromatic rings. The number of aliphatic hydroxyl groups excluding tert-OH is 1. The number of rotatable bonds is 7. The minimum Gasteiger partial charge on any atom is -0.491 e. The van der Waals surface area contributed by atoms with E-state index in [2.05, 4.69) is 12.1 Å². The van der Waals surface area contributed by atoms with Crippen molar-refractivity contribution in [2.75, 3.05) is 6.61 Å². The molecule has 28 heavy (non-hydrogen) atoms. The molecule has 1 atom stereocenters. The predicted molar refractivity (Wildman–Crippen MR) is 109 cm³/mol. The standard InChI is InChI=1S/C23H23N3O2/c24-23-25(15-18-9-3-1-4-10-18)21-13-7-8-14-22(21)26(23)16-19(27)17-28-20-11-5-2-6-12-20/h1-14,19,24,27H,15-17H2. The number of ether oxygens (including phenoxy) is 1. The van der Waals surface area contributed by atoms with Crippen molar-refractivity contribution in [3.05, 3.63) is 96.1 Å². The molecule has 0 radical (unpaired) electrons. The molecule has 0 aliphatic carbocycles. The van der Waals surface area contributed by atoms with Gasteiger partial charge in [-0.1, -0.05) is 60.7 Å². The summed E-state index contributed by atoms with van der Waals surface area (Å²) in [7, 11) is 0. The minimum absolute atomic E-state index is 0.175. The van der Waals surface area contributed by atoms with Crippen molar-refractivity contribution in [3.63, 3.8) is 0 Å². The molecule has 5 nitrogen and oxygen atoms in total. The van der Waals surface area contributed by atoms with Gasteiger partial charge in [0.15, 0.2) is 0 Å². The fourth-order valence-electron chi connectivity index (χ4n) is 3.38. The van der Waals surface area contributed by atoms with Gasteiger partial charge >= 0.3 is 0 Å². The third kappa shape index (κ3) is 3.85. The van der Waals surface area contributed by atoms with E-state index >= 15 is 0 Å². The number of imidazole rings is 1. The second-order valence-corrected chi connectivity index (χ2v) is 6.77. The molecule has 2 N–H and O–H groups in total. The number of nitrogens with one attached hydrogen (secondary N) is 1. The van der Waals surface area contributed by atoms with Crippen LogP contribution in [0.25, 0.3) is 11.0 Å². The lowest BCUT2D eigenvalue weighted by molar-refractivity contribution is 0.0921. The van der Waals surface area contributed by atoms with Crippen LogP contribution < -0.4 is 10.4 Å². The van der Waals surface area contributed by atoms with Crippen molar-refractivity contribution < 1.29 is 9.84 Å². The third-order valence-electron chi connectivity index (χ3n) is 4.74. The number of aromatic nitrogens is 2. The molecule has 1 aromatic heterocycles. The van der Waals surface area contributed by atoms with E-state index in [0.29, 0.717) is 18.7 Å². The maximum Gasteiger partial charge on any atom is 0.203 e. The number of hydrogen-bond acceptors (Lipinski definition) is 3. The van der Waals surface area contributed by atoms with Crippen molar-refractivity contribution in [2.24, 2.45) is 0 Å². The first kappa shape index (κ1) is 18.1. The number of nitrogens with zero attached hydrogens (tertiary/aromatic N) is 2. The molecule has 0 saturated heterocycles. The molecule has 5 heteroatoms. The SMILES string of the molecule is N=c1n(Cc2ccccc2)c2ccccc2n1CC(O)COc1ccccc1. The van der Waals surface area contributed by atoms with Crippen molar-refractivity contribution in [1.29, 1.82) is 5.41 Å². The first-order chi connectivity index (χ1) is 13.7. The van der Waals surface area contributed by atoms with E-state index in [1.165, 1.54) is 0 Å². The highest BCUT2D eigenvalue weighted by Crippen LogP contribution is 2.15. The van der Waals surface area contributed by atoms with E-state index in [9.17, 15) is 5.11 Å². The molecule has 0 bridgehead atoms. The normalized spacial score (nSPS) is 12.2. The largest absolute Gasteiger partial charge is 0.491 e. The van der Waals surface area contributed by atoms with Gasteiger partial charge in [-0.2, -0.15) is 0 Å². The average molecular weight is 373 g/mol. The molecule has 0 saturated carbocycles. The van der Waals surface area contributed by atoms with E-state index < -0.39 is 6.10 Å². The van der Waals surface area contributed by atoms with Crippen LogP contribution in [-0.4, -0.2) is 27.0 Å². The lowest BCUT2D eigenvalue weighted by atomic mass is 10.2. The molecule has 0 amide bonds. The molecule has 1 unspecified atom stereocenters. The smallest absolute Gasteiger partial charge is 0.203 e. The van der Waals surface area contributed by atoms with Gasteiger partial charge in [0.2, 0.25) is 5.62 Å². The monoisotopic (exact) mass is 373 g/mol. The highest BCUT2D eigenvalue weighted by Gasteiger charge is 2.14. The number of para-hydroxylation sites is 3. The van der Waals surface area contributed by atoms with Crippen LogP contribution in [0.1, 0.15) is 5.56 Å². The van der Waals surface area contributed by atoms with Crippen LogP contribution in [-0.2, 0) is 13.1 Å². The number of fused-ring (bicyclic) bond motifs is 1. The van der Waals surface area contributed by atoms with Crippen molar-refractivity contribution >= 4 is 11.0 Å². The zero-order chi connectivity index (χ0) is 19.3. The van der Waals surface area contributed by atoms with E-state index in [1.807, 2.05) is 81.9 Å². The summed E-state index contributed by atoms with van der Waals surface area (Å²) in [5.74, 6) is 0.726. The second kappa shape index (κ2) is 8.15. The Bertz CT molecular complexity index is 1100. The molecule has 142 valence electrons. The quantitative estimate of drug-likeness (QED) is 0.521. The Morgan fingerprint density at radius 3 is 2.04 bits per heavy atom. The summed E-state index contributed by atoms with van der Waals surface area (Å²) in [5.41, 5.74) is 3.41.